The maximum absolute atomic E-state index is 12.6. The highest BCUT2D eigenvalue weighted by Gasteiger charge is 2.14. The number of nitrogens with one attached hydrogen (secondary N) is 1. The third-order valence-electron chi connectivity index (χ3n) is 4.21. The highest BCUT2D eigenvalue weighted by Crippen LogP contribution is 2.27. The van der Waals surface area contributed by atoms with Crippen molar-refractivity contribution in [2.45, 2.75) is 13.5 Å². The third-order valence-corrected chi connectivity index (χ3v) is 4.76. The number of ether oxygens (including phenoxy) is 1. The van der Waals surface area contributed by atoms with E-state index < -0.39 is 5.91 Å². The lowest BCUT2D eigenvalue weighted by Gasteiger charge is -2.13. The normalized spacial score (nSPS) is 10.9. The number of halogens is 2. The number of carbonyl (C=O) groups excluding carboxylic acids is 1. The van der Waals surface area contributed by atoms with E-state index in [2.05, 4.69) is 10.3 Å². The molecule has 0 radical (unpaired) electrons. The van der Waals surface area contributed by atoms with Crippen LogP contribution in [-0.2, 0) is 6.61 Å². The maximum Gasteiger partial charge on any atom is 0.287 e. The molecule has 0 bridgehead atoms. The lowest BCUT2D eigenvalue weighted by Crippen LogP contribution is -2.15. The van der Waals surface area contributed by atoms with Crippen molar-refractivity contribution in [3.05, 3.63) is 92.0 Å². The first-order valence-corrected chi connectivity index (χ1v) is 9.64. The van der Waals surface area contributed by atoms with E-state index in [-0.39, 0.29) is 22.8 Å². The molecule has 9 heteroatoms. The van der Waals surface area contributed by atoms with Crippen molar-refractivity contribution in [1.29, 1.82) is 0 Å². The van der Waals surface area contributed by atoms with Gasteiger partial charge in [0.05, 0.1) is 22.0 Å². The van der Waals surface area contributed by atoms with Crippen LogP contribution < -0.4 is 15.6 Å². The van der Waals surface area contributed by atoms with Crippen LogP contribution in [0.3, 0.4) is 0 Å². The molecule has 0 saturated heterocycles. The summed E-state index contributed by atoms with van der Waals surface area (Å²) in [6.07, 6.45) is 0. The molecule has 152 valence electrons. The number of carbonyl (C=O) groups is 1. The molecule has 2 aromatic carbocycles. The smallest absolute Gasteiger partial charge is 0.287 e. The van der Waals surface area contributed by atoms with Gasteiger partial charge in [0.1, 0.15) is 18.1 Å². The predicted octanol–water partition coefficient (Wildman–Crippen LogP) is 4.73. The van der Waals surface area contributed by atoms with Crippen molar-refractivity contribution < 1.29 is 14.1 Å². The van der Waals surface area contributed by atoms with Gasteiger partial charge < -0.3 is 14.6 Å². The summed E-state index contributed by atoms with van der Waals surface area (Å²) >= 11 is 12.0. The summed E-state index contributed by atoms with van der Waals surface area (Å²) in [7, 11) is 0. The molecule has 0 aliphatic heterocycles. The molecule has 1 N–H and O–H groups in total. The zero-order valence-corrected chi connectivity index (χ0v) is 17.2. The minimum absolute atomic E-state index is 0.0323. The van der Waals surface area contributed by atoms with Crippen LogP contribution in [0.4, 0.5) is 5.69 Å². The number of amides is 1. The molecular weight excluding hydrogens is 429 g/mol. The molecule has 0 spiro atoms. The summed E-state index contributed by atoms with van der Waals surface area (Å²) in [4.78, 5) is 29.1. The third kappa shape index (κ3) is 4.17. The quantitative estimate of drug-likeness (QED) is 0.481. The number of hydrogen-bond donors (Lipinski definition) is 1. The Morgan fingerprint density at radius 1 is 1.17 bits per heavy atom. The second kappa shape index (κ2) is 8.22. The van der Waals surface area contributed by atoms with Gasteiger partial charge in [0.25, 0.3) is 11.5 Å². The number of para-hydroxylation sites is 2. The first kappa shape index (κ1) is 20.0. The van der Waals surface area contributed by atoms with Gasteiger partial charge in [-0.05, 0) is 37.3 Å². The van der Waals surface area contributed by atoms with Crippen LogP contribution in [0.5, 0.6) is 5.75 Å². The number of nitrogens with zero attached hydrogens (tertiary/aromatic N) is 2. The monoisotopic (exact) mass is 443 g/mol. The zero-order valence-electron chi connectivity index (χ0n) is 15.7. The Kier molecular flexibility index (Phi) is 5.48. The van der Waals surface area contributed by atoms with Crippen molar-refractivity contribution >= 4 is 40.4 Å². The molecular formula is C21H15Cl2N3O4. The van der Waals surface area contributed by atoms with Crippen molar-refractivity contribution in [3.63, 3.8) is 0 Å². The lowest BCUT2D eigenvalue weighted by atomic mass is 10.2. The molecule has 0 unspecified atom stereocenters. The summed E-state index contributed by atoms with van der Waals surface area (Å²) < 4.78 is 12.2. The number of aromatic nitrogens is 2. The molecule has 0 aliphatic rings. The van der Waals surface area contributed by atoms with Gasteiger partial charge in [-0.25, -0.2) is 4.98 Å². The van der Waals surface area contributed by atoms with E-state index in [0.29, 0.717) is 33.6 Å². The first-order valence-electron chi connectivity index (χ1n) is 8.88. The standard InChI is InChI=1S/C21H15Cl2N3O4/c1-12-8-19-24-14(10-20(27)26(19)30-12)11-29-18-5-3-2-4-17(18)25-21(28)15-7-6-13(22)9-16(15)23/h2-10H,11H2,1H3,(H,25,28). The summed E-state index contributed by atoms with van der Waals surface area (Å²) in [5.41, 5.74) is 1.22. The van der Waals surface area contributed by atoms with Gasteiger partial charge >= 0.3 is 0 Å². The second-order valence-electron chi connectivity index (χ2n) is 6.45. The van der Waals surface area contributed by atoms with Crippen LogP contribution in [0.2, 0.25) is 10.0 Å². The number of hydrogen-bond acceptors (Lipinski definition) is 5. The molecule has 7 nitrogen and oxygen atoms in total. The Morgan fingerprint density at radius 3 is 2.77 bits per heavy atom. The Hall–Kier alpha value is -3.29. The molecule has 4 aromatic rings. The second-order valence-corrected chi connectivity index (χ2v) is 7.29. The van der Waals surface area contributed by atoms with Gasteiger partial charge in [-0.15, -0.1) is 4.57 Å². The van der Waals surface area contributed by atoms with E-state index in [4.69, 9.17) is 32.5 Å². The van der Waals surface area contributed by atoms with Gasteiger partial charge in [0.15, 0.2) is 5.65 Å². The van der Waals surface area contributed by atoms with Gasteiger partial charge in [-0.1, -0.05) is 35.3 Å². The highest BCUT2D eigenvalue weighted by molar-refractivity contribution is 6.37. The number of anilines is 1. The zero-order chi connectivity index (χ0) is 21.3. The molecule has 2 heterocycles. The van der Waals surface area contributed by atoms with E-state index in [0.717, 1.165) is 4.57 Å². The van der Waals surface area contributed by atoms with Gasteiger partial charge in [0, 0.05) is 17.2 Å². The number of fused-ring (bicyclic) bond motifs is 1. The average molecular weight is 444 g/mol. The van der Waals surface area contributed by atoms with Gasteiger partial charge in [-0.2, -0.15) is 0 Å². The van der Waals surface area contributed by atoms with Crippen LogP contribution in [0, 0.1) is 6.92 Å². The number of rotatable bonds is 5. The average Bonchev–Trinajstić information content (AvgIpc) is 3.08. The summed E-state index contributed by atoms with van der Waals surface area (Å²) in [6, 6.07) is 14.6. The molecule has 30 heavy (non-hydrogen) atoms. The topological polar surface area (TPSA) is 85.8 Å². The minimum atomic E-state index is -0.403. The van der Waals surface area contributed by atoms with Crippen LogP contribution in [0.15, 0.2) is 63.9 Å². The Morgan fingerprint density at radius 2 is 1.97 bits per heavy atom. The van der Waals surface area contributed by atoms with E-state index in [1.807, 2.05) is 0 Å². The molecule has 1 amide bonds. The molecule has 2 aromatic heterocycles. The Balaban J connectivity index is 1.53. The van der Waals surface area contributed by atoms with Crippen LogP contribution >= 0.6 is 23.2 Å². The minimum Gasteiger partial charge on any atom is -0.485 e. The maximum atomic E-state index is 12.6. The van der Waals surface area contributed by atoms with Crippen molar-refractivity contribution in [1.82, 2.24) is 9.56 Å². The summed E-state index contributed by atoms with van der Waals surface area (Å²) in [6.45, 7) is 1.76. The molecule has 4 rings (SSSR count). The van der Waals surface area contributed by atoms with E-state index >= 15 is 0 Å². The Labute approximate surface area is 180 Å². The SMILES string of the molecule is Cc1cc2nc(COc3ccccc3NC(=O)c3ccc(Cl)cc3Cl)cc(=O)n2o1. The fraction of sp³-hybridized carbons (Fsp3) is 0.0952. The summed E-state index contributed by atoms with van der Waals surface area (Å²) in [5.74, 6) is 0.590. The van der Waals surface area contributed by atoms with Crippen LogP contribution in [0.1, 0.15) is 21.8 Å². The lowest BCUT2D eigenvalue weighted by molar-refractivity contribution is 0.102. The van der Waals surface area contributed by atoms with E-state index in [1.54, 1.807) is 49.4 Å². The highest BCUT2D eigenvalue weighted by atomic mass is 35.5. The van der Waals surface area contributed by atoms with Crippen LogP contribution in [-0.4, -0.2) is 15.5 Å². The van der Waals surface area contributed by atoms with Crippen molar-refractivity contribution in [2.24, 2.45) is 0 Å². The largest absolute Gasteiger partial charge is 0.485 e. The van der Waals surface area contributed by atoms with E-state index in [9.17, 15) is 9.59 Å². The van der Waals surface area contributed by atoms with Gasteiger partial charge in [0.2, 0.25) is 0 Å². The van der Waals surface area contributed by atoms with E-state index in [1.165, 1.54) is 12.1 Å². The molecule has 0 atom stereocenters. The van der Waals surface area contributed by atoms with Crippen LogP contribution in [0.25, 0.3) is 5.65 Å². The fourth-order valence-electron chi connectivity index (χ4n) is 2.86. The molecule has 0 fully saturated rings. The number of aryl methyl sites for hydroxylation is 1. The van der Waals surface area contributed by atoms with Crippen molar-refractivity contribution in [3.8, 4) is 5.75 Å². The molecule has 0 saturated carbocycles. The predicted molar refractivity (Wildman–Crippen MR) is 114 cm³/mol. The summed E-state index contributed by atoms with van der Waals surface area (Å²) in [5, 5.41) is 3.46. The fourth-order valence-corrected chi connectivity index (χ4v) is 3.35. The number of benzene rings is 2. The first-order chi connectivity index (χ1) is 14.4. The van der Waals surface area contributed by atoms with Gasteiger partial charge in [-0.3, -0.25) is 9.59 Å². The van der Waals surface area contributed by atoms with Crippen molar-refractivity contribution in [2.75, 3.05) is 5.32 Å². The Bertz CT molecular complexity index is 1310. The molecule has 0 aliphatic carbocycles.